The molecule has 1 aliphatic rings. The molecular weight excluding hydrogens is 322 g/mol. The highest BCUT2D eigenvalue weighted by molar-refractivity contribution is 8.18. The minimum atomic E-state index is -0.644. The van der Waals surface area contributed by atoms with Gasteiger partial charge in [-0.2, -0.15) is 11.8 Å². The molecule has 1 saturated heterocycles. The number of thioether (sulfide) groups is 2. The fraction of sp³-hybridized carbons (Fsp3) is 0.700. The Labute approximate surface area is 131 Å². The number of amides is 2. The molecule has 2 amide bonds. The Morgan fingerprint density at radius 2 is 2.00 bits per heavy atom. The number of hydrogen-bond acceptors (Lipinski definition) is 8. The van der Waals surface area contributed by atoms with Crippen LogP contribution in [0, 0.1) is 0 Å². The second kappa shape index (κ2) is 9.24. The minimum absolute atomic E-state index is 0.278. The van der Waals surface area contributed by atoms with Crippen molar-refractivity contribution in [3.8, 4) is 0 Å². The zero-order valence-corrected chi connectivity index (χ0v) is 14.0. The molecular formula is C10H17N3O4S3. The van der Waals surface area contributed by atoms with Crippen LogP contribution in [0.4, 0.5) is 9.59 Å². The first kappa shape index (κ1) is 17.3. The second-order valence-corrected chi connectivity index (χ2v) is 7.05. The molecule has 1 heterocycles. The summed E-state index contributed by atoms with van der Waals surface area (Å²) in [6.07, 6.45) is -1.17. The van der Waals surface area contributed by atoms with E-state index in [-0.39, 0.29) is 6.61 Å². The highest BCUT2D eigenvalue weighted by Crippen LogP contribution is 2.20. The van der Waals surface area contributed by atoms with Gasteiger partial charge >= 0.3 is 12.2 Å². The molecule has 0 atom stereocenters. The molecule has 7 nitrogen and oxygen atoms in total. The van der Waals surface area contributed by atoms with Crippen LogP contribution in [0.1, 0.15) is 6.92 Å². The van der Waals surface area contributed by atoms with Crippen molar-refractivity contribution in [3.63, 3.8) is 0 Å². The smallest absolute Gasteiger partial charge is 0.447 e. The van der Waals surface area contributed by atoms with Gasteiger partial charge in [0.15, 0.2) is 0 Å². The number of hydrogen-bond donors (Lipinski definition) is 0. The average molecular weight is 339 g/mol. The molecule has 0 aromatic rings. The van der Waals surface area contributed by atoms with Crippen LogP contribution in [-0.4, -0.2) is 63.8 Å². The molecule has 0 saturated carbocycles. The molecule has 1 fully saturated rings. The second-order valence-electron chi connectivity index (χ2n) is 3.52. The van der Waals surface area contributed by atoms with Gasteiger partial charge in [-0.15, -0.1) is 11.8 Å². The predicted molar refractivity (Wildman–Crippen MR) is 83.8 cm³/mol. The van der Waals surface area contributed by atoms with Crippen LogP contribution >= 0.6 is 35.7 Å². The van der Waals surface area contributed by atoms with Crippen LogP contribution in [0.3, 0.4) is 0 Å². The Bertz CT molecular complexity index is 373. The standard InChI is InChI=1S/C10H17N3O4S3/c1-4-16-9(14)12(2)20-13(3)10(15)17-11-8-7-18-5-6-19-8/h4-7H2,1-3H3/b11-8-. The predicted octanol–water partition coefficient (Wildman–Crippen LogP) is 2.50. The lowest BCUT2D eigenvalue weighted by Crippen LogP contribution is -2.29. The van der Waals surface area contributed by atoms with Gasteiger partial charge in [0.2, 0.25) is 0 Å². The van der Waals surface area contributed by atoms with Crippen LogP contribution in [0.15, 0.2) is 5.16 Å². The molecule has 20 heavy (non-hydrogen) atoms. The summed E-state index contributed by atoms with van der Waals surface area (Å²) < 4.78 is 7.16. The van der Waals surface area contributed by atoms with E-state index in [2.05, 4.69) is 5.16 Å². The lowest BCUT2D eigenvalue weighted by Gasteiger charge is -2.20. The third-order valence-corrected chi connectivity index (χ3v) is 5.13. The van der Waals surface area contributed by atoms with Gasteiger partial charge in [0.1, 0.15) is 5.04 Å². The molecule has 0 aliphatic carbocycles. The summed E-state index contributed by atoms with van der Waals surface area (Å²) in [7, 11) is 3.00. The average Bonchev–Trinajstić information content (AvgIpc) is 2.45. The zero-order chi connectivity index (χ0) is 15.0. The van der Waals surface area contributed by atoms with Gasteiger partial charge in [-0.25, -0.2) is 18.2 Å². The quantitative estimate of drug-likeness (QED) is 0.443. The van der Waals surface area contributed by atoms with Crippen molar-refractivity contribution < 1.29 is 19.2 Å². The summed E-state index contributed by atoms with van der Waals surface area (Å²) >= 11 is 4.21. The third kappa shape index (κ3) is 6.14. The Kier molecular flexibility index (Phi) is 8.00. The topological polar surface area (TPSA) is 71.4 Å². The van der Waals surface area contributed by atoms with Crippen LogP contribution < -0.4 is 0 Å². The van der Waals surface area contributed by atoms with E-state index in [0.29, 0.717) is 0 Å². The van der Waals surface area contributed by atoms with Gasteiger partial charge in [-0.05, 0) is 6.92 Å². The normalized spacial score (nSPS) is 16.6. The van der Waals surface area contributed by atoms with Crippen molar-refractivity contribution >= 4 is 52.9 Å². The fourth-order valence-electron chi connectivity index (χ4n) is 1.08. The number of nitrogens with zero attached hydrogens (tertiary/aromatic N) is 3. The summed E-state index contributed by atoms with van der Waals surface area (Å²) in [6.45, 7) is 1.99. The van der Waals surface area contributed by atoms with Crippen molar-refractivity contribution in [1.29, 1.82) is 0 Å². The zero-order valence-electron chi connectivity index (χ0n) is 11.5. The third-order valence-electron chi connectivity index (χ3n) is 1.97. The van der Waals surface area contributed by atoms with Crippen LogP contribution in [0.5, 0.6) is 0 Å². The fourth-order valence-corrected chi connectivity index (χ4v) is 3.76. The maximum Gasteiger partial charge on any atom is 0.447 e. The summed E-state index contributed by atoms with van der Waals surface area (Å²) in [5.74, 6) is 2.81. The van der Waals surface area contributed by atoms with Crippen molar-refractivity contribution in [1.82, 2.24) is 8.61 Å². The van der Waals surface area contributed by atoms with E-state index in [9.17, 15) is 9.59 Å². The summed E-state index contributed by atoms with van der Waals surface area (Å²) in [5, 5.41) is 4.61. The van der Waals surface area contributed by atoms with E-state index >= 15 is 0 Å². The van der Waals surface area contributed by atoms with Crippen LogP contribution in [0.2, 0.25) is 0 Å². The Balaban J connectivity index is 2.36. The molecule has 1 rings (SSSR count). The molecule has 0 bridgehead atoms. The minimum Gasteiger partial charge on any atom is -0.449 e. The van der Waals surface area contributed by atoms with Gasteiger partial charge in [0.05, 0.1) is 18.7 Å². The van der Waals surface area contributed by atoms with E-state index in [4.69, 9.17) is 9.57 Å². The Morgan fingerprint density at radius 1 is 1.30 bits per heavy atom. The van der Waals surface area contributed by atoms with Gasteiger partial charge < -0.3 is 4.74 Å². The molecule has 0 N–H and O–H groups in total. The number of ether oxygens (including phenoxy) is 1. The molecule has 0 spiro atoms. The van der Waals surface area contributed by atoms with Gasteiger partial charge in [0.25, 0.3) is 0 Å². The maximum atomic E-state index is 11.7. The molecule has 0 aromatic carbocycles. The highest BCUT2D eigenvalue weighted by Gasteiger charge is 2.19. The van der Waals surface area contributed by atoms with Crippen LogP contribution in [0.25, 0.3) is 0 Å². The SMILES string of the molecule is CCOC(=O)N(C)SN(C)C(=O)O/N=C1/CSCCS1. The highest BCUT2D eigenvalue weighted by atomic mass is 32.2. The summed E-state index contributed by atoms with van der Waals surface area (Å²) in [5.41, 5.74) is 0. The Hall–Kier alpha value is -0.740. The molecule has 114 valence electrons. The van der Waals surface area contributed by atoms with Gasteiger partial charge in [-0.1, -0.05) is 5.16 Å². The number of carbonyl (C=O) groups excluding carboxylic acids is 2. The monoisotopic (exact) mass is 339 g/mol. The van der Waals surface area contributed by atoms with Crippen molar-refractivity contribution in [2.45, 2.75) is 6.92 Å². The van der Waals surface area contributed by atoms with E-state index in [1.54, 1.807) is 30.4 Å². The van der Waals surface area contributed by atoms with E-state index < -0.39 is 12.2 Å². The lowest BCUT2D eigenvalue weighted by atomic mass is 10.9. The first-order valence-electron chi connectivity index (χ1n) is 5.85. The molecule has 1 aliphatic heterocycles. The Morgan fingerprint density at radius 3 is 2.60 bits per heavy atom. The largest absolute Gasteiger partial charge is 0.449 e. The van der Waals surface area contributed by atoms with Crippen molar-refractivity contribution in [2.75, 3.05) is 38.0 Å². The molecule has 10 heteroatoms. The molecule has 0 unspecified atom stereocenters. The van der Waals surface area contributed by atoms with Gasteiger partial charge in [0, 0.05) is 31.4 Å². The molecule has 0 radical (unpaired) electrons. The van der Waals surface area contributed by atoms with Crippen molar-refractivity contribution in [3.05, 3.63) is 0 Å². The summed E-state index contributed by atoms with van der Waals surface area (Å²) in [4.78, 5) is 27.9. The van der Waals surface area contributed by atoms with E-state index in [0.717, 1.165) is 34.4 Å². The number of oxime groups is 1. The number of carbonyl (C=O) groups is 2. The summed E-state index contributed by atoms with van der Waals surface area (Å²) in [6, 6.07) is 0. The lowest BCUT2D eigenvalue weighted by molar-refractivity contribution is 0.132. The molecule has 0 aromatic heterocycles. The van der Waals surface area contributed by atoms with Gasteiger partial charge in [-0.3, -0.25) is 4.84 Å². The van der Waals surface area contributed by atoms with Crippen LogP contribution in [-0.2, 0) is 9.57 Å². The first-order valence-corrected chi connectivity index (χ1v) is 8.72. The number of rotatable bonds is 4. The maximum absolute atomic E-state index is 11.7. The van der Waals surface area contributed by atoms with E-state index in [1.807, 2.05) is 0 Å². The first-order chi connectivity index (χ1) is 9.54. The van der Waals surface area contributed by atoms with E-state index in [1.165, 1.54) is 22.7 Å². The van der Waals surface area contributed by atoms with Crippen molar-refractivity contribution in [2.24, 2.45) is 5.16 Å².